The number of hydrogen-bond donors (Lipinski definition) is 0. The van der Waals surface area contributed by atoms with Gasteiger partial charge in [-0.15, -0.1) is 0 Å². The minimum absolute atomic E-state index is 0.0937. The molecule has 0 saturated carbocycles. The van der Waals surface area contributed by atoms with Crippen LogP contribution in [0.1, 0.15) is 5.56 Å². The zero-order valence-corrected chi connectivity index (χ0v) is 7.45. The molecule has 0 spiro atoms. The first-order valence-electron chi connectivity index (χ1n) is 4.27. The van der Waals surface area contributed by atoms with Gasteiger partial charge in [0.1, 0.15) is 0 Å². The lowest BCUT2D eigenvalue weighted by Crippen LogP contribution is -1.96. The normalized spacial score (nSPS) is 10.2. The molecule has 2 aromatic carbocycles. The Morgan fingerprint density at radius 1 is 0.923 bits per heavy atom. The van der Waals surface area contributed by atoms with Gasteiger partial charge in [0.05, 0.1) is 0 Å². The van der Waals surface area contributed by atoms with E-state index < -0.39 is 0 Å². The summed E-state index contributed by atoms with van der Waals surface area (Å²) >= 11 is 0. The molecule has 0 heterocycles. The lowest BCUT2D eigenvalue weighted by molar-refractivity contribution is 1.44. The van der Waals surface area contributed by atoms with Crippen LogP contribution in [0.4, 0.5) is 0 Å². The SMILES string of the molecule is Cc1cc2ccccc2ccc1=O. The molecule has 0 aliphatic rings. The van der Waals surface area contributed by atoms with Gasteiger partial charge < -0.3 is 0 Å². The van der Waals surface area contributed by atoms with Crippen LogP contribution < -0.4 is 5.43 Å². The highest BCUT2D eigenvalue weighted by Crippen LogP contribution is 2.10. The fourth-order valence-electron chi connectivity index (χ4n) is 1.40. The quantitative estimate of drug-likeness (QED) is 0.593. The van der Waals surface area contributed by atoms with Crippen LogP contribution >= 0.6 is 0 Å². The predicted molar refractivity (Wildman–Crippen MR) is 55.0 cm³/mol. The van der Waals surface area contributed by atoms with E-state index in [1.165, 1.54) is 0 Å². The van der Waals surface area contributed by atoms with E-state index in [9.17, 15) is 4.79 Å². The van der Waals surface area contributed by atoms with Crippen molar-refractivity contribution >= 4 is 10.8 Å². The number of hydrogen-bond acceptors (Lipinski definition) is 1. The van der Waals surface area contributed by atoms with Gasteiger partial charge in [-0.2, -0.15) is 0 Å². The molecule has 0 aromatic heterocycles. The molecule has 2 rings (SSSR count). The molecule has 0 unspecified atom stereocenters. The van der Waals surface area contributed by atoms with Crippen LogP contribution in [-0.2, 0) is 0 Å². The third kappa shape index (κ3) is 1.45. The highest BCUT2D eigenvalue weighted by atomic mass is 16.1. The molecule has 0 amide bonds. The van der Waals surface area contributed by atoms with Gasteiger partial charge in [-0.1, -0.05) is 30.3 Å². The van der Waals surface area contributed by atoms with E-state index in [2.05, 4.69) is 0 Å². The molecule has 0 N–H and O–H groups in total. The molecule has 0 aliphatic heterocycles. The molecule has 0 radical (unpaired) electrons. The number of benzene rings is 1. The fraction of sp³-hybridized carbons (Fsp3) is 0.0833. The monoisotopic (exact) mass is 170 g/mol. The average Bonchev–Trinajstić information content (AvgIpc) is 2.28. The summed E-state index contributed by atoms with van der Waals surface area (Å²) in [6.45, 7) is 1.84. The molecule has 1 heteroatoms. The first-order valence-corrected chi connectivity index (χ1v) is 4.27. The van der Waals surface area contributed by atoms with Gasteiger partial charge in [-0.25, -0.2) is 0 Å². The summed E-state index contributed by atoms with van der Waals surface area (Å²) in [5.74, 6) is 0. The summed E-state index contributed by atoms with van der Waals surface area (Å²) in [6, 6.07) is 13.4. The number of fused-ring (bicyclic) bond motifs is 1. The van der Waals surface area contributed by atoms with Gasteiger partial charge in [0.15, 0.2) is 5.43 Å². The van der Waals surface area contributed by atoms with Gasteiger partial charge in [0.2, 0.25) is 0 Å². The van der Waals surface area contributed by atoms with Crippen molar-refractivity contribution in [2.45, 2.75) is 6.92 Å². The van der Waals surface area contributed by atoms with Gasteiger partial charge in [-0.05, 0) is 35.4 Å². The van der Waals surface area contributed by atoms with Crippen LogP contribution in [0, 0.1) is 6.92 Å². The van der Waals surface area contributed by atoms with Crippen LogP contribution in [0.25, 0.3) is 10.8 Å². The molecular weight excluding hydrogens is 160 g/mol. The smallest absolute Gasteiger partial charge is 0.181 e. The van der Waals surface area contributed by atoms with E-state index in [4.69, 9.17) is 0 Å². The van der Waals surface area contributed by atoms with E-state index in [0.717, 1.165) is 16.3 Å². The summed E-state index contributed by atoms with van der Waals surface area (Å²) in [4.78, 5) is 11.3. The Balaban J connectivity index is 2.97. The second kappa shape index (κ2) is 3.02. The third-order valence-corrected chi connectivity index (χ3v) is 2.17. The molecule has 64 valence electrons. The largest absolute Gasteiger partial charge is 0.290 e. The molecule has 0 atom stereocenters. The summed E-state index contributed by atoms with van der Waals surface area (Å²) in [6.07, 6.45) is 0. The van der Waals surface area contributed by atoms with Crippen molar-refractivity contribution in [3.63, 3.8) is 0 Å². The minimum Gasteiger partial charge on any atom is -0.290 e. The molecule has 2 aromatic rings. The standard InChI is InChI=1S/C12H10O/c1-9-8-11-5-3-2-4-10(11)6-7-12(9)13/h2-8H,1H3. The second-order valence-corrected chi connectivity index (χ2v) is 3.15. The van der Waals surface area contributed by atoms with Gasteiger partial charge in [-0.3, -0.25) is 4.79 Å². The highest BCUT2D eigenvalue weighted by Gasteiger charge is 1.92. The molecule has 0 aliphatic carbocycles. The van der Waals surface area contributed by atoms with Crippen molar-refractivity contribution in [1.29, 1.82) is 0 Å². The summed E-state index contributed by atoms with van der Waals surface area (Å²) in [5, 5.41) is 2.22. The maximum absolute atomic E-state index is 11.3. The third-order valence-electron chi connectivity index (χ3n) is 2.17. The Hall–Kier alpha value is -1.63. The van der Waals surface area contributed by atoms with Crippen molar-refractivity contribution in [2.75, 3.05) is 0 Å². The first kappa shape index (κ1) is 7.99. The fourth-order valence-corrected chi connectivity index (χ4v) is 1.40. The zero-order valence-electron chi connectivity index (χ0n) is 7.45. The average molecular weight is 170 g/mol. The van der Waals surface area contributed by atoms with Gasteiger partial charge in [0, 0.05) is 0 Å². The lowest BCUT2D eigenvalue weighted by Gasteiger charge is -1.89. The minimum atomic E-state index is 0.0937. The molecular formula is C12H10O. The molecule has 0 fully saturated rings. The van der Waals surface area contributed by atoms with Crippen molar-refractivity contribution in [1.82, 2.24) is 0 Å². The Kier molecular flexibility index (Phi) is 1.85. The maximum Gasteiger partial charge on any atom is 0.181 e. The Morgan fingerprint density at radius 2 is 1.62 bits per heavy atom. The maximum atomic E-state index is 11.3. The zero-order chi connectivity index (χ0) is 9.26. The van der Waals surface area contributed by atoms with E-state index in [-0.39, 0.29) is 5.43 Å². The molecule has 0 saturated heterocycles. The van der Waals surface area contributed by atoms with Gasteiger partial charge in [0.25, 0.3) is 0 Å². The Morgan fingerprint density at radius 3 is 2.38 bits per heavy atom. The highest BCUT2D eigenvalue weighted by molar-refractivity contribution is 5.81. The van der Waals surface area contributed by atoms with Crippen molar-refractivity contribution in [2.24, 2.45) is 0 Å². The topological polar surface area (TPSA) is 17.1 Å². The molecule has 13 heavy (non-hydrogen) atoms. The van der Waals surface area contributed by atoms with Crippen LogP contribution in [-0.4, -0.2) is 0 Å². The van der Waals surface area contributed by atoms with E-state index in [0.29, 0.717) is 0 Å². The summed E-state index contributed by atoms with van der Waals surface area (Å²) < 4.78 is 0. The van der Waals surface area contributed by atoms with Gasteiger partial charge >= 0.3 is 0 Å². The summed E-state index contributed by atoms with van der Waals surface area (Å²) in [5.41, 5.74) is 0.886. The molecule has 0 bridgehead atoms. The van der Waals surface area contributed by atoms with Crippen molar-refractivity contribution in [3.8, 4) is 0 Å². The van der Waals surface area contributed by atoms with Crippen molar-refractivity contribution in [3.05, 3.63) is 58.3 Å². The number of aryl methyl sites for hydroxylation is 1. The molecule has 1 nitrogen and oxygen atoms in total. The van der Waals surface area contributed by atoms with Crippen LogP contribution in [0.5, 0.6) is 0 Å². The van der Waals surface area contributed by atoms with E-state index in [1.54, 1.807) is 6.07 Å². The van der Waals surface area contributed by atoms with Crippen molar-refractivity contribution < 1.29 is 0 Å². The second-order valence-electron chi connectivity index (χ2n) is 3.15. The number of rotatable bonds is 0. The van der Waals surface area contributed by atoms with E-state index >= 15 is 0 Å². The van der Waals surface area contributed by atoms with E-state index in [1.807, 2.05) is 43.3 Å². The summed E-state index contributed by atoms with van der Waals surface area (Å²) in [7, 11) is 0. The first-order chi connectivity index (χ1) is 6.27. The lowest BCUT2D eigenvalue weighted by atomic mass is 10.2. The Bertz CT molecular complexity index is 500. The predicted octanol–water partition coefficient (Wildman–Crippen LogP) is 2.51. The van der Waals surface area contributed by atoms with Crippen LogP contribution in [0.3, 0.4) is 0 Å². The van der Waals surface area contributed by atoms with Crippen LogP contribution in [0.2, 0.25) is 0 Å². The van der Waals surface area contributed by atoms with Crippen LogP contribution in [0.15, 0.2) is 47.3 Å². The Labute approximate surface area is 76.7 Å².